The molecule has 110 valence electrons. The van der Waals surface area contributed by atoms with Crippen LogP contribution in [-0.4, -0.2) is 23.3 Å². The van der Waals surface area contributed by atoms with Gasteiger partial charge in [-0.15, -0.1) is 0 Å². The maximum Gasteiger partial charge on any atom is 0.0879 e. The molecule has 21 heavy (non-hydrogen) atoms. The summed E-state index contributed by atoms with van der Waals surface area (Å²) in [6.07, 6.45) is 3.62. The minimum absolute atomic E-state index is 0.170. The van der Waals surface area contributed by atoms with Crippen molar-refractivity contribution in [2.24, 2.45) is 0 Å². The van der Waals surface area contributed by atoms with Gasteiger partial charge >= 0.3 is 0 Å². The molecule has 3 rings (SSSR count). The van der Waals surface area contributed by atoms with Crippen LogP contribution in [0.25, 0.3) is 16.3 Å². The van der Waals surface area contributed by atoms with Crippen molar-refractivity contribution in [1.29, 1.82) is 0 Å². The van der Waals surface area contributed by atoms with Crippen LogP contribution in [0.15, 0.2) is 48.5 Å². The quantitative estimate of drug-likeness (QED) is 0.898. The summed E-state index contributed by atoms with van der Waals surface area (Å²) in [4.78, 5) is 0. The summed E-state index contributed by atoms with van der Waals surface area (Å²) in [6, 6.07) is 15.4. The number of fused-ring (bicyclic) bond motifs is 1. The SMILES string of the molecule is CC(C)N[C@H]1CCC(c2cccc3ccccc23)=C[C@@H]1O. The molecule has 0 unspecified atom stereocenters. The molecule has 2 aromatic rings. The summed E-state index contributed by atoms with van der Waals surface area (Å²) in [7, 11) is 0. The Labute approximate surface area is 126 Å². The van der Waals surface area contributed by atoms with Crippen molar-refractivity contribution in [1.82, 2.24) is 5.32 Å². The largest absolute Gasteiger partial charge is 0.387 e. The molecule has 2 nitrogen and oxygen atoms in total. The van der Waals surface area contributed by atoms with E-state index in [4.69, 9.17) is 0 Å². The minimum Gasteiger partial charge on any atom is -0.387 e. The summed E-state index contributed by atoms with van der Waals surface area (Å²) >= 11 is 0. The highest BCUT2D eigenvalue weighted by Gasteiger charge is 2.24. The number of rotatable bonds is 3. The maximum absolute atomic E-state index is 10.4. The zero-order chi connectivity index (χ0) is 14.8. The molecule has 0 aliphatic heterocycles. The fourth-order valence-corrected chi connectivity index (χ4v) is 3.23. The number of aliphatic hydroxyl groups excluding tert-OH is 1. The van der Waals surface area contributed by atoms with Gasteiger partial charge in [0.15, 0.2) is 0 Å². The fraction of sp³-hybridized carbons (Fsp3) is 0.368. The third kappa shape index (κ3) is 3.02. The summed E-state index contributed by atoms with van der Waals surface area (Å²) in [5.41, 5.74) is 2.52. The molecule has 2 aromatic carbocycles. The lowest BCUT2D eigenvalue weighted by Crippen LogP contribution is -2.44. The molecule has 2 atom stereocenters. The van der Waals surface area contributed by atoms with Crippen LogP contribution in [0.2, 0.25) is 0 Å². The van der Waals surface area contributed by atoms with E-state index >= 15 is 0 Å². The standard InChI is InChI=1S/C19H23NO/c1-13(2)20-18-11-10-15(12-19(18)21)17-9-5-7-14-6-3-4-8-16(14)17/h3-9,12-13,18-21H,10-11H2,1-2H3/t18-,19-/m0/s1. The average molecular weight is 281 g/mol. The summed E-state index contributed by atoms with van der Waals surface area (Å²) in [6.45, 7) is 4.24. The van der Waals surface area contributed by atoms with Crippen LogP contribution in [0.1, 0.15) is 32.3 Å². The van der Waals surface area contributed by atoms with Gasteiger partial charge in [-0.25, -0.2) is 0 Å². The van der Waals surface area contributed by atoms with Gasteiger partial charge in [-0.3, -0.25) is 0 Å². The molecule has 2 N–H and O–H groups in total. The number of allylic oxidation sites excluding steroid dienone is 1. The first-order chi connectivity index (χ1) is 10.1. The van der Waals surface area contributed by atoms with Gasteiger partial charge < -0.3 is 10.4 Å². The van der Waals surface area contributed by atoms with Crippen LogP contribution >= 0.6 is 0 Å². The zero-order valence-electron chi connectivity index (χ0n) is 12.7. The molecule has 0 heterocycles. The highest BCUT2D eigenvalue weighted by Crippen LogP contribution is 2.32. The summed E-state index contributed by atoms with van der Waals surface area (Å²) < 4.78 is 0. The lowest BCUT2D eigenvalue weighted by Gasteiger charge is -2.30. The molecule has 0 fully saturated rings. The molecular weight excluding hydrogens is 258 g/mol. The minimum atomic E-state index is -0.407. The highest BCUT2D eigenvalue weighted by atomic mass is 16.3. The van der Waals surface area contributed by atoms with Crippen molar-refractivity contribution < 1.29 is 5.11 Å². The molecule has 2 heteroatoms. The zero-order valence-corrected chi connectivity index (χ0v) is 12.7. The molecule has 1 aliphatic rings. The monoisotopic (exact) mass is 281 g/mol. The Morgan fingerprint density at radius 1 is 1.10 bits per heavy atom. The third-order valence-electron chi connectivity index (χ3n) is 4.19. The van der Waals surface area contributed by atoms with E-state index in [-0.39, 0.29) is 6.04 Å². The van der Waals surface area contributed by atoms with E-state index in [0.717, 1.165) is 12.8 Å². The molecule has 0 bridgehead atoms. The summed E-state index contributed by atoms with van der Waals surface area (Å²) in [5.74, 6) is 0. The second kappa shape index (κ2) is 6.00. The molecular formula is C19H23NO. The van der Waals surface area contributed by atoms with E-state index in [1.54, 1.807) is 0 Å². The van der Waals surface area contributed by atoms with Crippen LogP contribution in [0.4, 0.5) is 0 Å². The van der Waals surface area contributed by atoms with Gasteiger partial charge in [-0.2, -0.15) is 0 Å². The number of aliphatic hydroxyl groups is 1. The van der Waals surface area contributed by atoms with E-state index in [2.05, 4.69) is 61.6 Å². The maximum atomic E-state index is 10.4. The van der Waals surface area contributed by atoms with Crippen molar-refractivity contribution in [2.75, 3.05) is 0 Å². The summed E-state index contributed by atoms with van der Waals surface area (Å²) in [5, 5.41) is 16.4. The first-order valence-corrected chi connectivity index (χ1v) is 7.78. The van der Waals surface area contributed by atoms with Crippen molar-refractivity contribution in [3.8, 4) is 0 Å². The lowest BCUT2D eigenvalue weighted by molar-refractivity contribution is 0.156. The molecule has 1 aliphatic carbocycles. The van der Waals surface area contributed by atoms with Gasteiger partial charge in [0, 0.05) is 12.1 Å². The molecule has 0 spiro atoms. The number of nitrogens with one attached hydrogen (secondary N) is 1. The second-order valence-corrected chi connectivity index (χ2v) is 6.18. The number of hydrogen-bond acceptors (Lipinski definition) is 2. The molecule has 0 amide bonds. The second-order valence-electron chi connectivity index (χ2n) is 6.18. The van der Waals surface area contributed by atoms with Crippen molar-refractivity contribution >= 4 is 16.3 Å². The Hall–Kier alpha value is -1.64. The topological polar surface area (TPSA) is 32.3 Å². The first-order valence-electron chi connectivity index (χ1n) is 7.78. The number of benzene rings is 2. The Balaban J connectivity index is 1.93. The van der Waals surface area contributed by atoms with Gasteiger partial charge in [-0.05, 0) is 34.8 Å². The Morgan fingerprint density at radius 3 is 2.62 bits per heavy atom. The Morgan fingerprint density at radius 2 is 1.86 bits per heavy atom. The van der Waals surface area contributed by atoms with Crippen molar-refractivity contribution in [2.45, 2.75) is 44.9 Å². The van der Waals surface area contributed by atoms with E-state index in [1.165, 1.54) is 21.9 Å². The normalized spacial score (nSPS) is 22.6. The van der Waals surface area contributed by atoms with Crippen molar-refractivity contribution in [3.05, 3.63) is 54.1 Å². The Bertz CT molecular complexity index is 654. The van der Waals surface area contributed by atoms with Gasteiger partial charge in [0.25, 0.3) is 0 Å². The van der Waals surface area contributed by atoms with Crippen LogP contribution in [-0.2, 0) is 0 Å². The van der Waals surface area contributed by atoms with Crippen LogP contribution < -0.4 is 5.32 Å². The lowest BCUT2D eigenvalue weighted by atomic mass is 9.86. The highest BCUT2D eigenvalue weighted by molar-refractivity contribution is 5.94. The molecule has 0 saturated carbocycles. The van der Waals surface area contributed by atoms with Gasteiger partial charge in [0.2, 0.25) is 0 Å². The molecule has 0 radical (unpaired) electrons. The number of hydrogen-bond donors (Lipinski definition) is 2. The van der Waals surface area contributed by atoms with Gasteiger partial charge in [0.05, 0.1) is 6.10 Å². The van der Waals surface area contributed by atoms with Crippen LogP contribution in [0, 0.1) is 0 Å². The third-order valence-corrected chi connectivity index (χ3v) is 4.19. The van der Waals surface area contributed by atoms with E-state index < -0.39 is 6.10 Å². The van der Waals surface area contributed by atoms with Crippen LogP contribution in [0.5, 0.6) is 0 Å². The fourth-order valence-electron chi connectivity index (χ4n) is 3.23. The molecule has 0 aromatic heterocycles. The van der Waals surface area contributed by atoms with Crippen molar-refractivity contribution in [3.63, 3.8) is 0 Å². The van der Waals surface area contributed by atoms with E-state index in [0.29, 0.717) is 6.04 Å². The van der Waals surface area contributed by atoms with Gasteiger partial charge in [0.1, 0.15) is 0 Å². The first kappa shape index (κ1) is 14.3. The molecule has 0 saturated heterocycles. The smallest absolute Gasteiger partial charge is 0.0879 e. The van der Waals surface area contributed by atoms with E-state index in [9.17, 15) is 5.11 Å². The average Bonchev–Trinajstić information content (AvgIpc) is 2.48. The van der Waals surface area contributed by atoms with E-state index in [1.807, 2.05) is 6.08 Å². The predicted octanol–water partition coefficient (Wildman–Crippen LogP) is 3.74. The van der Waals surface area contributed by atoms with Gasteiger partial charge in [-0.1, -0.05) is 62.4 Å². The predicted molar refractivity (Wildman–Crippen MR) is 89.2 cm³/mol. The van der Waals surface area contributed by atoms with Crippen LogP contribution in [0.3, 0.4) is 0 Å². The Kier molecular flexibility index (Phi) is 4.09.